The van der Waals surface area contributed by atoms with Gasteiger partial charge < -0.3 is 14.4 Å². The van der Waals surface area contributed by atoms with Crippen LogP contribution >= 0.6 is 0 Å². The molecule has 0 aliphatic heterocycles. The van der Waals surface area contributed by atoms with Crippen LogP contribution < -0.4 is 5.32 Å². The Morgan fingerprint density at radius 3 is 2.70 bits per heavy atom. The molecule has 0 bridgehead atoms. The monoisotopic (exact) mass is 366 g/mol. The molecule has 0 spiro atoms. The van der Waals surface area contributed by atoms with E-state index in [2.05, 4.69) is 5.32 Å². The Balaban J connectivity index is 1.73. The van der Waals surface area contributed by atoms with Crippen LogP contribution in [0, 0.1) is 5.92 Å². The van der Waals surface area contributed by atoms with Crippen molar-refractivity contribution >= 4 is 28.7 Å². The van der Waals surface area contributed by atoms with E-state index in [0.29, 0.717) is 18.8 Å². The third-order valence-corrected chi connectivity index (χ3v) is 4.09. The summed E-state index contributed by atoms with van der Waals surface area (Å²) in [5, 5.41) is 12.7. The zero-order chi connectivity index (χ0) is 19.4. The van der Waals surface area contributed by atoms with E-state index in [1.54, 1.807) is 12.1 Å². The van der Waals surface area contributed by atoms with Crippen molar-refractivity contribution in [2.24, 2.45) is 5.92 Å². The third kappa shape index (κ3) is 4.67. The molecule has 3 aromatic rings. The smallest absolute Gasteiger partial charge is 0.411 e. The number of carbonyl (C=O) groups is 2. The summed E-state index contributed by atoms with van der Waals surface area (Å²) >= 11 is 0. The molecule has 0 saturated heterocycles. The number of amides is 1. The lowest BCUT2D eigenvalue weighted by atomic mass is 10.1. The second-order valence-electron chi connectivity index (χ2n) is 6.84. The summed E-state index contributed by atoms with van der Waals surface area (Å²) in [6, 6.07) is 14.5. The number of fused-ring (bicyclic) bond motifs is 1. The lowest BCUT2D eigenvalue weighted by Gasteiger charge is -2.11. The molecule has 1 amide bonds. The summed E-state index contributed by atoms with van der Waals surface area (Å²) in [6.07, 6.45) is 1.46. The lowest BCUT2D eigenvalue weighted by Crippen LogP contribution is -2.16. The van der Waals surface area contributed by atoms with Gasteiger partial charge in [-0.1, -0.05) is 26.0 Å². The van der Waals surface area contributed by atoms with Gasteiger partial charge in [0.05, 0.1) is 12.2 Å². The minimum Gasteiger partial charge on any atom is -0.478 e. The highest BCUT2D eigenvalue weighted by molar-refractivity contribution is 5.93. The number of anilines is 1. The van der Waals surface area contributed by atoms with Gasteiger partial charge in [0.2, 0.25) is 0 Å². The first kappa shape index (κ1) is 18.5. The fourth-order valence-corrected chi connectivity index (χ4v) is 2.81. The van der Waals surface area contributed by atoms with Crippen molar-refractivity contribution < 1.29 is 19.4 Å². The summed E-state index contributed by atoms with van der Waals surface area (Å²) in [5.41, 5.74) is 2.91. The van der Waals surface area contributed by atoms with E-state index < -0.39 is 12.1 Å². The molecular weight excluding hydrogens is 344 g/mol. The van der Waals surface area contributed by atoms with Crippen molar-refractivity contribution in [1.29, 1.82) is 0 Å². The zero-order valence-electron chi connectivity index (χ0n) is 15.3. The zero-order valence-corrected chi connectivity index (χ0v) is 15.3. The van der Waals surface area contributed by atoms with Crippen LogP contribution in [0.15, 0.2) is 54.7 Å². The van der Waals surface area contributed by atoms with E-state index in [1.807, 2.05) is 61.0 Å². The van der Waals surface area contributed by atoms with E-state index in [0.717, 1.165) is 16.5 Å². The van der Waals surface area contributed by atoms with Crippen molar-refractivity contribution in [2.75, 3.05) is 11.9 Å². The van der Waals surface area contributed by atoms with Gasteiger partial charge in [0.15, 0.2) is 0 Å². The number of carboxylic acids is 1. The van der Waals surface area contributed by atoms with Gasteiger partial charge in [-0.2, -0.15) is 0 Å². The predicted molar refractivity (Wildman–Crippen MR) is 104 cm³/mol. The quantitative estimate of drug-likeness (QED) is 0.668. The first-order chi connectivity index (χ1) is 12.9. The van der Waals surface area contributed by atoms with Crippen molar-refractivity contribution in [2.45, 2.75) is 20.4 Å². The maximum atomic E-state index is 11.8. The molecule has 0 saturated carbocycles. The molecule has 3 rings (SSSR count). The van der Waals surface area contributed by atoms with Crippen molar-refractivity contribution in [3.8, 4) is 0 Å². The molecule has 1 aromatic heterocycles. The van der Waals surface area contributed by atoms with Gasteiger partial charge in [-0.05, 0) is 47.9 Å². The number of aromatic nitrogens is 1. The molecule has 0 atom stereocenters. The largest absolute Gasteiger partial charge is 0.478 e. The summed E-state index contributed by atoms with van der Waals surface area (Å²) in [4.78, 5) is 22.9. The van der Waals surface area contributed by atoms with Gasteiger partial charge in [0.25, 0.3) is 0 Å². The van der Waals surface area contributed by atoms with E-state index in [4.69, 9.17) is 9.84 Å². The minimum absolute atomic E-state index is 0.270. The highest BCUT2D eigenvalue weighted by atomic mass is 16.5. The molecule has 0 aliphatic rings. The number of nitrogens with one attached hydrogen (secondary N) is 1. The average Bonchev–Trinajstić information content (AvgIpc) is 3.02. The average molecular weight is 366 g/mol. The summed E-state index contributed by atoms with van der Waals surface area (Å²) in [5.74, 6) is -0.654. The van der Waals surface area contributed by atoms with Crippen molar-refractivity contribution in [3.05, 3.63) is 65.9 Å². The number of hydrogen-bond donors (Lipinski definition) is 2. The molecule has 1 heterocycles. The number of benzene rings is 2. The first-order valence-electron chi connectivity index (χ1n) is 8.77. The number of aromatic carboxylic acids is 1. The fraction of sp³-hybridized carbons (Fsp3) is 0.238. The highest BCUT2D eigenvalue weighted by Crippen LogP contribution is 2.20. The van der Waals surface area contributed by atoms with Crippen LogP contribution in [0.5, 0.6) is 0 Å². The number of rotatable bonds is 6. The predicted octanol–water partition coefficient (Wildman–Crippen LogP) is 4.59. The molecule has 0 radical (unpaired) electrons. The number of carboxylic acid groups (broad SMARTS) is 1. The van der Waals surface area contributed by atoms with Crippen LogP contribution in [0.4, 0.5) is 10.5 Å². The topological polar surface area (TPSA) is 80.6 Å². The van der Waals surface area contributed by atoms with E-state index in [1.165, 1.54) is 0 Å². The number of ether oxygens (including phenoxy) is 1. The molecule has 2 N–H and O–H groups in total. The number of carbonyl (C=O) groups excluding carboxylic acids is 1. The van der Waals surface area contributed by atoms with Crippen LogP contribution in [0.2, 0.25) is 0 Å². The highest BCUT2D eigenvalue weighted by Gasteiger charge is 2.08. The minimum atomic E-state index is -0.937. The van der Waals surface area contributed by atoms with Crippen LogP contribution in [-0.2, 0) is 11.3 Å². The third-order valence-electron chi connectivity index (χ3n) is 4.09. The summed E-state index contributed by atoms with van der Waals surface area (Å²) in [6.45, 7) is 4.94. The number of hydrogen-bond acceptors (Lipinski definition) is 3. The molecule has 6 heteroatoms. The Morgan fingerprint density at radius 2 is 1.96 bits per heavy atom. The second-order valence-corrected chi connectivity index (χ2v) is 6.84. The Morgan fingerprint density at radius 1 is 1.15 bits per heavy atom. The molecule has 0 aliphatic carbocycles. The maximum Gasteiger partial charge on any atom is 0.411 e. The van der Waals surface area contributed by atoms with E-state index in [-0.39, 0.29) is 11.5 Å². The number of nitrogens with zero attached hydrogens (tertiary/aromatic N) is 1. The normalized spacial score (nSPS) is 10.9. The van der Waals surface area contributed by atoms with E-state index >= 15 is 0 Å². The SMILES string of the molecule is CC(C)COC(=O)Nc1cccc(Cn2ccc3cc(C(=O)O)ccc32)c1. The summed E-state index contributed by atoms with van der Waals surface area (Å²) in [7, 11) is 0. The second kappa shape index (κ2) is 7.95. The molecule has 140 valence electrons. The maximum absolute atomic E-state index is 11.8. The van der Waals surface area contributed by atoms with Gasteiger partial charge in [0.1, 0.15) is 0 Å². The van der Waals surface area contributed by atoms with Gasteiger partial charge >= 0.3 is 12.1 Å². The summed E-state index contributed by atoms with van der Waals surface area (Å²) < 4.78 is 7.18. The molecule has 0 unspecified atom stereocenters. The molecule has 0 fully saturated rings. The van der Waals surface area contributed by atoms with Gasteiger partial charge in [-0.3, -0.25) is 5.32 Å². The van der Waals surface area contributed by atoms with Gasteiger partial charge in [-0.25, -0.2) is 9.59 Å². The van der Waals surface area contributed by atoms with Crippen LogP contribution in [0.1, 0.15) is 29.8 Å². The van der Waals surface area contributed by atoms with Gasteiger partial charge in [-0.15, -0.1) is 0 Å². The van der Waals surface area contributed by atoms with Crippen molar-refractivity contribution in [3.63, 3.8) is 0 Å². The Bertz CT molecular complexity index is 975. The van der Waals surface area contributed by atoms with E-state index in [9.17, 15) is 9.59 Å². The fourth-order valence-electron chi connectivity index (χ4n) is 2.81. The Kier molecular flexibility index (Phi) is 5.45. The molecule has 6 nitrogen and oxygen atoms in total. The Hall–Kier alpha value is -3.28. The first-order valence-corrected chi connectivity index (χ1v) is 8.77. The Labute approximate surface area is 157 Å². The van der Waals surface area contributed by atoms with Crippen LogP contribution in [0.25, 0.3) is 10.9 Å². The molecule has 27 heavy (non-hydrogen) atoms. The van der Waals surface area contributed by atoms with Crippen molar-refractivity contribution in [1.82, 2.24) is 4.57 Å². The van der Waals surface area contributed by atoms with Crippen LogP contribution in [-0.4, -0.2) is 28.3 Å². The molecular formula is C21H22N2O4. The van der Waals surface area contributed by atoms with Gasteiger partial charge in [0, 0.05) is 29.3 Å². The van der Waals surface area contributed by atoms with Crippen LogP contribution in [0.3, 0.4) is 0 Å². The molecule has 2 aromatic carbocycles. The lowest BCUT2D eigenvalue weighted by molar-refractivity contribution is 0.0697. The standard InChI is InChI=1S/C21H22N2O4/c1-14(2)13-27-21(26)22-18-5-3-4-15(10-18)12-23-9-8-16-11-17(20(24)25)6-7-19(16)23/h3-11,14H,12-13H2,1-2H3,(H,22,26)(H,24,25).